The van der Waals surface area contributed by atoms with Gasteiger partial charge in [-0.2, -0.15) is 5.26 Å². The van der Waals surface area contributed by atoms with Gasteiger partial charge in [0.2, 0.25) is 5.91 Å². The Morgan fingerprint density at radius 1 is 1.30 bits per heavy atom. The molecule has 0 spiro atoms. The second-order valence-corrected chi connectivity index (χ2v) is 11.3. The maximum absolute atomic E-state index is 13.1. The quantitative estimate of drug-likeness (QED) is 0.739. The topological polar surface area (TPSA) is 89.7 Å². The van der Waals surface area contributed by atoms with Gasteiger partial charge in [0.05, 0.1) is 29.5 Å². The molecule has 2 saturated carbocycles. The molecule has 7 heteroatoms. The number of anilines is 1. The van der Waals surface area contributed by atoms with Gasteiger partial charge in [0.25, 0.3) is 0 Å². The average molecular weight is 453 g/mol. The van der Waals surface area contributed by atoms with E-state index in [0.717, 1.165) is 48.3 Å². The van der Waals surface area contributed by atoms with Crippen molar-refractivity contribution in [1.82, 2.24) is 9.88 Å². The molecule has 5 rings (SSSR count). The van der Waals surface area contributed by atoms with Crippen molar-refractivity contribution >= 4 is 11.7 Å². The highest BCUT2D eigenvalue weighted by Crippen LogP contribution is 2.46. The third-order valence-electron chi connectivity index (χ3n) is 7.96. The first-order chi connectivity index (χ1) is 15.7. The summed E-state index contributed by atoms with van der Waals surface area (Å²) in [5.41, 5.74) is 3.77. The van der Waals surface area contributed by atoms with E-state index in [0.29, 0.717) is 43.6 Å². The fourth-order valence-electron chi connectivity index (χ4n) is 5.63. The van der Waals surface area contributed by atoms with Crippen LogP contribution in [0.3, 0.4) is 0 Å². The molecule has 0 radical (unpaired) electrons. The van der Waals surface area contributed by atoms with Gasteiger partial charge in [0.1, 0.15) is 11.9 Å². The number of piperazine rings is 1. The van der Waals surface area contributed by atoms with Crippen molar-refractivity contribution in [3.8, 4) is 6.07 Å². The van der Waals surface area contributed by atoms with Crippen molar-refractivity contribution in [1.29, 1.82) is 5.26 Å². The molecule has 178 valence electrons. The number of hydrogen-bond acceptors (Lipinski definition) is 6. The van der Waals surface area contributed by atoms with Crippen LogP contribution in [0.5, 0.6) is 0 Å². The van der Waals surface area contributed by atoms with Crippen molar-refractivity contribution in [2.45, 2.75) is 77.5 Å². The molecule has 3 atom stereocenters. The number of carbonyl (C=O) groups is 1. The van der Waals surface area contributed by atoms with Gasteiger partial charge in [-0.1, -0.05) is 13.8 Å². The van der Waals surface area contributed by atoms with Gasteiger partial charge in [-0.25, -0.2) is 4.98 Å². The van der Waals surface area contributed by atoms with Gasteiger partial charge in [-0.3, -0.25) is 4.79 Å². The van der Waals surface area contributed by atoms with E-state index < -0.39 is 0 Å². The SMILES string of the molecule is CC(C)C1CN(c2nc(C3CC3)c3c(c2C#N)CC(C)(C)OC3)CCN1C(=O)[C@@H]1C[C@H]1CO. The number of nitrogens with zero attached hydrogens (tertiary/aromatic N) is 4. The molecule has 7 nitrogen and oxygen atoms in total. The first-order valence-corrected chi connectivity index (χ1v) is 12.5. The van der Waals surface area contributed by atoms with Gasteiger partial charge in [-0.15, -0.1) is 0 Å². The Morgan fingerprint density at radius 3 is 2.67 bits per heavy atom. The first-order valence-electron chi connectivity index (χ1n) is 12.5. The zero-order chi connectivity index (χ0) is 23.5. The minimum absolute atomic E-state index is 0.0250. The lowest BCUT2D eigenvalue weighted by Gasteiger charge is -2.45. The highest BCUT2D eigenvalue weighted by atomic mass is 16.5. The molecule has 33 heavy (non-hydrogen) atoms. The van der Waals surface area contributed by atoms with E-state index >= 15 is 0 Å². The van der Waals surface area contributed by atoms with Gasteiger partial charge in [0.15, 0.2) is 0 Å². The van der Waals surface area contributed by atoms with E-state index in [1.807, 2.05) is 4.90 Å². The van der Waals surface area contributed by atoms with Crippen LogP contribution in [0.4, 0.5) is 5.82 Å². The van der Waals surface area contributed by atoms with E-state index in [4.69, 9.17) is 9.72 Å². The number of ether oxygens (including phenoxy) is 1. The van der Waals surface area contributed by atoms with Crippen molar-refractivity contribution < 1.29 is 14.6 Å². The predicted octanol–water partition coefficient (Wildman–Crippen LogP) is 2.98. The highest BCUT2D eigenvalue weighted by Gasteiger charge is 2.47. The Hall–Kier alpha value is -2.17. The second-order valence-electron chi connectivity index (χ2n) is 11.3. The Morgan fingerprint density at radius 2 is 2.06 bits per heavy atom. The number of pyridine rings is 1. The van der Waals surface area contributed by atoms with Crippen LogP contribution in [0.1, 0.15) is 75.3 Å². The van der Waals surface area contributed by atoms with Crippen LogP contribution >= 0.6 is 0 Å². The minimum Gasteiger partial charge on any atom is -0.396 e. The average Bonchev–Trinajstić information content (AvgIpc) is 3.70. The standard InChI is InChI=1S/C26H36N4O3/c1-15(2)22-12-29(7-8-30(22)25(32)18-9-17(18)13-31)24-20(11-27)19-10-26(3,4)33-14-21(19)23(28-24)16-5-6-16/h15-18,22,31H,5-10,12-14H2,1-4H3/t17-,18+,22?/m0/s1. The molecule has 1 aromatic rings. The maximum Gasteiger partial charge on any atom is 0.226 e. The number of nitriles is 1. The molecule has 1 saturated heterocycles. The van der Waals surface area contributed by atoms with Gasteiger partial charge >= 0.3 is 0 Å². The summed E-state index contributed by atoms with van der Waals surface area (Å²) in [5.74, 6) is 1.85. The van der Waals surface area contributed by atoms with Gasteiger partial charge in [0, 0.05) is 50.1 Å². The van der Waals surface area contributed by atoms with E-state index in [1.165, 1.54) is 0 Å². The zero-order valence-corrected chi connectivity index (χ0v) is 20.3. The molecule has 4 aliphatic rings. The maximum atomic E-state index is 13.1. The lowest BCUT2D eigenvalue weighted by Crippen LogP contribution is -2.58. The Kier molecular flexibility index (Phi) is 5.65. The number of rotatable bonds is 5. The van der Waals surface area contributed by atoms with Crippen LogP contribution in [-0.4, -0.2) is 58.8 Å². The third-order valence-corrected chi connectivity index (χ3v) is 7.96. The summed E-state index contributed by atoms with van der Waals surface area (Å²) in [6.07, 6.45) is 3.82. The summed E-state index contributed by atoms with van der Waals surface area (Å²) in [4.78, 5) is 22.5. The summed E-state index contributed by atoms with van der Waals surface area (Å²) in [6, 6.07) is 2.57. The number of fused-ring (bicyclic) bond motifs is 1. The van der Waals surface area contributed by atoms with Crippen molar-refractivity contribution in [3.63, 3.8) is 0 Å². The number of carbonyl (C=O) groups excluding carboxylic acids is 1. The van der Waals surface area contributed by atoms with E-state index in [9.17, 15) is 15.2 Å². The van der Waals surface area contributed by atoms with E-state index in [-0.39, 0.29) is 36.0 Å². The molecule has 1 amide bonds. The minimum atomic E-state index is -0.295. The molecule has 1 aromatic heterocycles. The number of aliphatic hydroxyl groups excluding tert-OH is 1. The van der Waals surface area contributed by atoms with E-state index in [2.05, 4.69) is 38.7 Å². The monoisotopic (exact) mass is 452 g/mol. The molecule has 2 aliphatic carbocycles. The Bertz CT molecular complexity index is 994. The van der Waals surface area contributed by atoms with Crippen LogP contribution in [0.25, 0.3) is 0 Å². The van der Waals surface area contributed by atoms with Crippen LogP contribution in [0.2, 0.25) is 0 Å². The fourth-order valence-corrected chi connectivity index (χ4v) is 5.63. The molecular weight excluding hydrogens is 416 g/mol. The molecule has 2 aliphatic heterocycles. The summed E-state index contributed by atoms with van der Waals surface area (Å²) < 4.78 is 6.11. The van der Waals surface area contributed by atoms with Crippen LogP contribution in [0.15, 0.2) is 0 Å². The lowest BCUT2D eigenvalue weighted by molar-refractivity contribution is -0.136. The smallest absolute Gasteiger partial charge is 0.226 e. The van der Waals surface area contributed by atoms with Crippen LogP contribution in [-0.2, 0) is 22.6 Å². The van der Waals surface area contributed by atoms with Crippen LogP contribution in [0, 0.1) is 29.1 Å². The van der Waals surface area contributed by atoms with Crippen molar-refractivity contribution in [2.24, 2.45) is 17.8 Å². The van der Waals surface area contributed by atoms with Crippen LogP contribution < -0.4 is 4.90 Å². The van der Waals surface area contributed by atoms with Gasteiger partial charge < -0.3 is 19.6 Å². The normalized spacial score (nSPS) is 28.5. The first kappa shape index (κ1) is 22.6. The molecule has 1 unspecified atom stereocenters. The zero-order valence-electron chi connectivity index (χ0n) is 20.3. The summed E-state index contributed by atoms with van der Waals surface area (Å²) in [6.45, 7) is 11.1. The molecule has 3 fully saturated rings. The number of aromatic nitrogens is 1. The Labute approximate surface area is 196 Å². The predicted molar refractivity (Wildman–Crippen MR) is 125 cm³/mol. The number of aliphatic hydroxyl groups is 1. The van der Waals surface area contributed by atoms with E-state index in [1.54, 1.807) is 0 Å². The largest absolute Gasteiger partial charge is 0.396 e. The van der Waals surface area contributed by atoms with Crippen molar-refractivity contribution in [2.75, 3.05) is 31.1 Å². The fraction of sp³-hybridized carbons (Fsp3) is 0.731. The highest BCUT2D eigenvalue weighted by molar-refractivity contribution is 5.82. The molecule has 3 heterocycles. The molecule has 1 N–H and O–H groups in total. The molecular formula is C26H36N4O3. The number of amides is 1. The molecule has 0 aromatic carbocycles. The van der Waals surface area contributed by atoms with Gasteiger partial charge in [-0.05, 0) is 50.5 Å². The summed E-state index contributed by atoms with van der Waals surface area (Å²) in [5, 5.41) is 19.7. The molecule has 0 bridgehead atoms. The third kappa shape index (κ3) is 4.13. The lowest BCUT2D eigenvalue weighted by atomic mass is 9.87. The number of hydrogen-bond donors (Lipinski definition) is 1. The summed E-state index contributed by atoms with van der Waals surface area (Å²) in [7, 11) is 0. The van der Waals surface area contributed by atoms with Crippen molar-refractivity contribution in [3.05, 3.63) is 22.4 Å². The Balaban J connectivity index is 1.48. The summed E-state index contributed by atoms with van der Waals surface area (Å²) >= 11 is 0. The second kappa shape index (κ2) is 8.25.